The van der Waals surface area contributed by atoms with Gasteiger partial charge in [-0.25, -0.2) is 0 Å². The maximum Gasteiger partial charge on any atom is 0.308 e. The Bertz CT molecular complexity index is 422. The molecule has 1 N–H and O–H groups in total. The van der Waals surface area contributed by atoms with Gasteiger partial charge in [0.25, 0.3) is 0 Å². The first-order chi connectivity index (χ1) is 8.39. The lowest BCUT2D eigenvalue weighted by atomic mass is 9.89. The van der Waals surface area contributed by atoms with Crippen molar-refractivity contribution in [2.45, 2.75) is 32.2 Å². The van der Waals surface area contributed by atoms with Crippen molar-refractivity contribution < 1.29 is 9.90 Å². The lowest BCUT2D eigenvalue weighted by Crippen LogP contribution is -2.40. The Hall–Kier alpha value is -1.35. The van der Waals surface area contributed by atoms with Gasteiger partial charge >= 0.3 is 5.97 Å². The van der Waals surface area contributed by atoms with Crippen LogP contribution in [0.4, 0.5) is 0 Å². The molecule has 0 saturated carbocycles. The van der Waals surface area contributed by atoms with Gasteiger partial charge < -0.3 is 5.11 Å². The van der Waals surface area contributed by atoms with Crippen LogP contribution in [0, 0.1) is 5.92 Å². The van der Waals surface area contributed by atoms with Crippen LogP contribution in [0.1, 0.15) is 32.3 Å². The fourth-order valence-corrected chi connectivity index (χ4v) is 2.64. The van der Waals surface area contributed by atoms with Crippen molar-refractivity contribution in [2.24, 2.45) is 5.92 Å². The Morgan fingerprint density at radius 1 is 1.22 bits per heavy atom. The molecular weight excluding hydrogens is 226 g/mol. The number of hydrogen-bond acceptors (Lipinski definition) is 2. The Balaban J connectivity index is 2.26. The quantitative estimate of drug-likeness (QED) is 0.873. The van der Waals surface area contributed by atoms with Crippen LogP contribution in [0.15, 0.2) is 30.3 Å². The summed E-state index contributed by atoms with van der Waals surface area (Å²) in [5.41, 5.74) is 1.16. The predicted octanol–water partition coefficient (Wildman–Crippen LogP) is 2.59. The van der Waals surface area contributed by atoms with Gasteiger partial charge in [0.05, 0.1) is 5.92 Å². The van der Waals surface area contributed by atoms with Gasteiger partial charge in [-0.15, -0.1) is 0 Å². The molecule has 1 aliphatic heterocycles. The molecule has 0 aromatic heterocycles. The van der Waals surface area contributed by atoms with Crippen molar-refractivity contribution >= 4 is 5.97 Å². The number of carbonyl (C=O) groups is 1. The Morgan fingerprint density at radius 3 is 2.33 bits per heavy atom. The summed E-state index contributed by atoms with van der Waals surface area (Å²) >= 11 is 0. The number of rotatable bonds is 2. The summed E-state index contributed by atoms with van der Waals surface area (Å²) in [5, 5.41) is 9.40. The maximum atomic E-state index is 11.4. The number of likely N-dealkylation sites (tertiary alicyclic amines) is 1. The second-order valence-corrected chi connectivity index (χ2v) is 6.04. The first kappa shape index (κ1) is 13.1. The molecule has 18 heavy (non-hydrogen) atoms. The fraction of sp³-hybridized carbons (Fsp3) is 0.533. The van der Waals surface area contributed by atoms with Gasteiger partial charge in [0, 0.05) is 24.5 Å². The molecule has 0 radical (unpaired) electrons. The van der Waals surface area contributed by atoms with Crippen molar-refractivity contribution in [3.05, 3.63) is 35.9 Å². The number of carboxylic acids is 1. The first-order valence-electron chi connectivity index (χ1n) is 6.42. The van der Waals surface area contributed by atoms with E-state index in [-0.39, 0.29) is 17.4 Å². The van der Waals surface area contributed by atoms with Crippen LogP contribution < -0.4 is 0 Å². The number of aliphatic carboxylic acids is 1. The molecule has 2 rings (SSSR count). The van der Waals surface area contributed by atoms with Crippen LogP contribution in [-0.4, -0.2) is 34.6 Å². The zero-order valence-corrected chi connectivity index (χ0v) is 11.3. The van der Waals surface area contributed by atoms with E-state index in [4.69, 9.17) is 0 Å². The molecule has 0 bridgehead atoms. The summed E-state index contributed by atoms with van der Waals surface area (Å²) in [5.74, 6) is -0.884. The largest absolute Gasteiger partial charge is 0.481 e. The highest BCUT2D eigenvalue weighted by Crippen LogP contribution is 2.36. The van der Waals surface area contributed by atoms with E-state index >= 15 is 0 Å². The summed E-state index contributed by atoms with van der Waals surface area (Å²) < 4.78 is 0. The summed E-state index contributed by atoms with van der Waals surface area (Å²) in [6, 6.07) is 10.00. The van der Waals surface area contributed by atoms with Gasteiger partial charge in [0.1, 0.15) is 0 Å². The summed E-state index contributed by atoms with van der Waals surface area (Å²) in [7, 11) is 0. The molecule has 3 heteroatoms. The number of nitrogens with zero attached hydrogens (tertiary/aromatic N) is 1. The molecule has 0 spiro atoms. The van der Waals surface area contributed by atoms with E-state index in [1.807, 2.05) is 30.3 Å². The van der Waals surface area contributed by atoms with Gasteiger partial charge in [-0.3, -0.25) is 9.69 Å². The molecule has 0 amide bonds. The minimum absolute atomic E-state index is 0.0250. The number of carboxylic acid groups (broad SMARTS) is 1. The molecule has 1 aliphatic rings. The third kappa shape index (κ3) is 2.56. The average molecular weight is 247 g/mol. The van der Waals surface area contributed by atoms with Gasteiger partial charge in [0.2, 0.25) is 0 Å². The maximum absolute atomic E-state index is 11.4. The third-order valence-corrected chi connectivity index (χ3v) is 3.81. The second-order valence-electron chi connectivity index (χ2n) is 6.04. The molecule has 3 nitrogen and oxygen atoms in total. The number of benzene rings is 1. The molecule has 1 fully saturated rings. The molecule has 0 aliphatic carbocycles. The summed E-state index contributed by atoms with van der Waals surface area (Å²) in [6.45, 7) is 7.88. The fourth-order valence-electron chi connectivity index (χ4n) is 2.64. The van der Waals surface area contributed by atoms with E-state index in [2.05, 4.69) is 25.7 Å². The van der Waals surface area contributed by atoms with E-state index < -0.39 is 5.97 Å². The molecule has 1 heterocycles. The van der Waals surface area contributed by atoms with Crippen LogP contribution in [0.3, 0.4) is 0 Å². The van der Waals surface area contributed by atoms with Crippen LogP contribution >= 0.6 is 0 Å². The van der Waals surface area contributed by atoms with E-state index in [1.165, 1.54) is 0 Å². The van der Waals surface area contributed by atoms with Gasteiger partial charge in [-0.2, -0.15) is 0 Å². The van der Waals surface area contributed by atoms with E-state index in [9.17, 15) is 9.90 Å². The van der Waals surface area contributed by atoms with Crippen LogP contribution in [0.5, 0.6) is 0 Å². The van der Waals surface area contributed by atoms with Crippen molar-refractivity contribution in [3.8, 4) is 0 Å². The zero-order valence-electron chi connectivity index (χ0n) is 11.3. The first-order valence-corrected chi connectivity index (χ1v) is 6.42. The SMILES string of the molecule is CC(C)(C)N1C[C@H](C(=O)O)[C@@H](c2ccccc2)C1. The van der Waals surface area contributed by atoms with Gasteiger partial charge in [-0.05, 0) is 26.3 Å². The molecule has 0 unspecified atom stereocenters. The van der Waals surface area contributed by atoms with Crippen LogP contribution in [0.25, 0.3) is 0 Å². The van der Waals surface area contributed by atoms with Crippen molar-refractivity contribution in [2.75, 3.05) is 13.1 Å². The smallest absolute Gasteiger partial charge is 0.308 e. The molecular formula is C15H21NO2. The standard InChI is InChI=1S/C15H21NO2/c1-15(2,3)16-9-12(13(10-16)14(17)18)11-7-5-4-6-8-11/h4-8,12-13H,9-10H2,1-3H3,(H,17,18)/t12-,13+/m1/s1. The molecule has 2 atom stereocenters. The highest BCUT2D eigenvalue weighted by atomic mass is 16.4. The zero-order chi connectivity index (χ0) is 13.3. The van der Waals surface area contributed by atoms with Crippen LogP contribution in [0.2, 0.25) is 0 Å². The molecule has 1 aromatic rings. The van der Waals surface area contributed by atoms with Crippen molar-refractivity contribution in [1.82, 2.24) is 4.90 Å². The van der Waals surface area contributed by atoms with E-state index in [0.29, 0.717) is 6.54 Å². The third-order valence-electron chi connectivity index (χ3n) is 3.81. The Kier molecular flexibility index (Phi) is 3.44. The van der Waals surface area contributed by atoms with Crippen LogP contribution in [-0.2, 0) is 4.79 Å². The molecule has 98 valence electrons. The van der Waals surface area contributed by atoms with Crippen molar-refractivity contribution in [1.29, 1.82) is 0 Å². The highest BCUT2D eigenvalue weighted by Gasteiger charge is 2.41. The Labute approximate surface area is 108 Å². The normalized spacial score (nSPS) is 25.3. The minimum Gasteiger partial charge on any atom is -0.481 e. The second kappa shape index (κ2) is 4.73. The average Bonchev–Trinajstić information content (AvgIpc) is 2.74. The Morgan fingerprint density at radius 2 is 1.83 bits per heavy atom. The highest BCUT2D eigenvalue weighted by molar-refractivity contribution is 5.72. The summed E-state index contributed by atoms with van der Waals surface area (Å²) in [6.07, 6.45) is 0. The monoisotopic (exact) mass is 247 g/mol. The lowest BCUT2D eigenvalue weighted by molar-refractivity contribution is -0.141. The number of hydrogen-bond donors (Lipinski definition) is 1. The predicted molar refractivity (Wildman–Crippen MR) is 71.6 cm³/mol. The molecule has 1 aromatic carbocycles. The molecule has 1 saturated heterocycles. The summed E-state index contributed by atoms with van der Waals surface area (Å²) in [4.78, 5) is 13.7. The lowest BCUT2D eigenvalue weighted by Gasteiger charge is -2.31. The minimum atomic E-state index is -0.685. The van der Waals surface area contributed by atoms with E-state index in [1.54, 1.807) is 0 Å². The van der Waals surface area contributed by atoms with Crippen molar-refractivity contribution in [3.63, 3.8) is 0 Å². The van der Waals surface area contributed by atoms with Gasteiger partial charge in [-0.1, -0.05) is 30.3 Å². The van der Waals surface area contributed by atoms with Gasteiger partial charge in [0.15, 0.2) is 0 Å². The van der Waals surface area contributed by atoms with E-state index in [0.717, 1.165) is 12.1 Å². The topological polar surface area (TPSA) is 40.5 Å².